The van der Waals surface area contributed by atoms with Crippen molar-refractivity contribution in [2.24, 2.45) is 10.9 Å². The first kappa shape index (κ1) is 26.8. The fraction of sp³-hybridized carbons (Fsp3) is 0.640. The van der Waals surface area contributed by atoms with Crippen LogP contribution in [0.1, 0.15) is 32.8 Å². The average Bonchev–Trinajstić information content (AvgIpc) is 3.33. The Morgan fingerprint density at radius 1 is 1.21 bits per heavy atom. The van der Waals surface area contributed by atoms with Crippen LogP contribution in [0.4, 0.5) is 5.69 Å². The van der Waals surface area contributed by atoms with Gasteiger partial charge in [-0.05, 0) is 48.8 Å². The molecule has 2 aromatic rings. The summed E-state index contributed by atoms with van der Waals surface area (Å²) in [6.07, 6.45) is 3.21. The van der Waals surface area contributed by atoms with Gasteiger partial charge in [-0.15, -0.1) is 0 Å². The molecule has 190 valence electrons. The number of anilines is 1. The molecule has 0 aliphatic carbocycles. The van der Waals surface area contributed by atoms with Crippen LogP contribution in [0.5, 0.6) is 0 Å². The van der Waals surface area contributed by atoms with E-state index in [1.807, 2.05) is 10.8 Å². The number of nitrogens with two attached hydrogens (primary N) is 1. The van der Waals surface area contributed by atoms with Gasteiger partial charge in [0.2, 0.25) is 0 Å². The molecule has 3 N–H and O–H groups in total. The second kappa shape index (κ2) is 10.0. The second-order valence-corrected chi connectivity index (χ2v) is 22.7. The molecule has 0 spiro atoms. The molecule has 2 heterocycles. The summed E-state index contributed by atoms with van der Waals surface area (Å²) >= 11 is 0. The van der Waals surface area contributed by atoms with E-state index in [2.05, 4.69) is 81.8 Å². The number of rotatable bonds is 9. The van der Waals surface area contributed by atoms with Crippen LogP contribution < -0.4 is 10.6 Å². The third-order valence-corrected chi connectivity index (χ3v) is 13.5. The van der Waals surface area contributed by atoms with Crippen molar-refractivity contribution in [3.63, 3.8) is 0 Å². The molecule has 7 nitrogen and oxygen atoms in total. The summed E-state index contributed by atoms with van der Waals surface area (Å²) in [4.78, 5) is 2.38. The van der Waals surface area contributed by atoms with Crippen LogP contribution in [-0.4, -0.2) is 57.8 Å². The number of benzene rings is 1. The maximum absolute atomic E-state index is 9.35. The van der Waals surface area contributed by atoms with Crippen molar-refractivity contribution in [2.75, 3.05) is 24.6 Å². The first-order valence-electron chi connectivity index (χ1n) is 12.3. The molecule has 0 radical (unpaired) electrons. The first-order valence-corrected chi connectivity index (χ1v) is 18.9. The van der Waals surface area contributed by atoms with Crippen molar-refractivity contribution >= 4 is 38.8 Å². The number of amidine groups is 1. The largest absolute Gasteiger partial charge is 0.412 e. The highest BCUT2D eigenvalue weighted by atomic mass is 28.4. The van der Waals surface area contributed by atoms with E-state index in [0.717, 1.165) is 54.3 Å². The third-order valence-electron chi connectivity index (χ3n) is 7.25. The highest BCUT2D eigenvalue weighted by Crippen LogP contribution is 2.39. The lowest BCUT2D eigenvalue weighted by Crippen LogP contribution is -2.44. The van der Waals surface area contributed by atoms with Crippen molar-refractivity contribution in [1.29, 1.82) is 0 Å². The van der Waals surface area contributed by atoms with Crippen molar-refractivity contribution in [2.45, 2.75) is 83.8 Å². The summed E-state index contributed by atoms with van der Waals surface area (Å²) in [6.45, 7) is 21.6. The van der Waals surface area contributed by atoms with Gasteiger partial charge in [0.1, 0.15) is 6.73 Å². The van der Waals surface area contributed by atoms with Gasteiger partial charge in [-0.1, -0.05) is 45.6 Å². The van der Waals surface area contributed by atoms with E-state index in [1.54, 1.807) is 0 Å². The number of hydrogen-bond acceptors (Lipinski definition) is 5. The minimum Gasteiger partial charge on any atom is -0.412 e. The van der Waals surface area contributed by atoms with E-state index in [-0.39, 0.29) is 17.0 Å². The van der Waals surface area contributed by atoms with E-state index < -0.39 is 16.4 Å². The molecule has 1 saturated heterocycles. The predicted molar refractivity (Wildman–Crippen MR) is 147 cm³/mol. The van der Waals surface area contributed by atoms with E-state index in [9.17, 15) is 5.21 Å². The van der Waals surface area contributed by atoms with Crippen molar-refractivity contribution in [1.82, 2.24) is 4.57 Å². The van der Waals surface area contributed by atoms with E-state index in [1.165, 1.54) is 0 Å². The van der Waals surface area contributed by atoms with Gasteiger partial charge in [-0.25, -0.2) is 0 Å². The Labute approximate surface area is 207 Å². The topological polar surface area (TPSA) is 85.2 Å². The maximum atomic E-state index is 9.35. The molecule has 1 aromatic heterocycles. The second-order valence-electron chi connectivity index (χ2n) is 12.3. The van der Waals surface area contributed by atoms with Gasteiger partial charge in [0.25, 0.3) is 0 Å². The Kier molecular flexibility index (Phi) is 7.91. The van der Waals surface area contributed by atoms with Gasteiger partial charge < -0.3 is 29.6 Å². The van der Waals surface area contributed by atoms with Gasteiger partial charge in [0.05, 0.1) is 11.6 Å². The average molecular weight is 505 g/mol. The number of oxime groups is 1. The van der Waals surface area contributed by atoms with Gasteiger partial charge >= 0.3 is 0 Å². The van der Waals surface area contributed by atoms with Crippen LogP contribution in [0.15, 0.2) is 29.6 Å². The number of ether oxygens (including phenoxy) is 1. The van der Waals surface area contributed by atoms with Crippen LogP contribution in [0.3, 0.4) is 0 Å². The van der Waals surface area contributed by atoms with Crippen molar-refractivity contribution in [3.8, 4) is 0 Å². The fourth-order valence-corrected chi connectivity index (χ4v) is 6.18. The zero-order valence-corrected chi connectivity index (χ0v) is 24.3. The standard InChI is InChI=1S/C25H44N4O3Si2/c1-25(2,3)34(7,8)32-20-11-12-28(16-20)19-9-10-23-21(15-19)22(24(26)27-30)17-29(23)18-31-13-14-33(4,5)6/h9-10,15,17,20,30H,11-14,16,18H2,1-8H3,(H2,26,27). The lowest BCUT2D eigenvalue weighted by Gasteiger charge is -2.38. The van der Waals surface area contributed by atoms with Crippen LogP contribution >= 0.6 is 0 Å². The summed E-state index contributed by atoms with van der Waals surface area (Å²) in [5, 5.41) is 13.8. The first-order chi connectivity index (χ1) is 15.7. The van der Waals surface area contributed by atoms with Crippen molar-refractivity contribution < 1.29 is 14.4 Å². The Bertz CT molecular complexity index is 1020. The lowest BCUT2D eigenvalue weighted by molar-refractivity contribution is 0.0902. The zero-order chi connectivity index (χ0) is 25.3. The molecule has 1 unspecified atom stereocenters. The van der Waals surface area contributed by atoms with E-state index >= 15 is 0 Å². The van der Waals surface area contributed by atoms with Crippen LogP contribution in [0.2, 0.25) is 43.8 Å². The summed E-state index contributed by atoms with van der Waals surface area (Å²) in [6, 6.07) is 7.54. The highest BCUT2D eigenvalue weighted by molar-refractivity contribution is 6.76. The lowest BCUT2D eigenvalue weighted by atomic mass is 10.1. The minimum absolute atomic E-state index is 0.114. The molecule has 3 rings (SSSR count). The van der Waals surface area contributed by atoms with Crippen molar-refractivity contribution in [3.05, 3.63) is 30.0 Å². The quantitative estimate of drug-likeness (QED) is 0.115. The monoisotopic (exact) mass is 504 g/mol. The van der Waals surface area contributed by atoms with Crippen LogP contribution in [0, 0.1) is 0 Å². The smallest absolute Gasteiger partial charge is 0.192 e. The van der Waals surface area contributed by atoms with Gasteiger partial charge in [-0.3, -0.25) is 0 Å². The molecule has 0 amide bonds. The summed E-state index contributed by atoms with van der Waals surface area (Å²) in [5.41, 5.74) is 8.92. The third kappa shape index (κ3) is 6.24. The normalized spacial score (nSPS) is 18.3. The molecule has 1 aromatic carbocycles. The van der Waals surface area contributed by atoms with Crippen LogP contribution in [0.25, 0.3) is 10.9 Å². The Balaban J connectivity index is 1.79. The Morgan fingerprint density at radius 3 is 2.53 bits per heavy atom. The van der Waals surface area contributed by atoms with Gasteiger partial charge in [-0.2, -0.15) is 0 Å². The fourth-order valence-electron chi connectivity index (χ4n) is 4.04. The molecular formula is C25H44N4O3Si2. The molecule has 9 heteroatoms. The number of aromatic nitrogens is 1. The number of hydrogen-bond donors (Lipinski definition) is 2. The van der Waals surface area contributed by atoms with Gasteiger partial charge in [0.15, 0.2) is 14.2 Å². The maximum Gasteiger partial charge on any atom is 0.192 e. The molecule has 0 saturated carbocycles. The summed E-state index contributed by atoms with van der Waals surface area (Å²) in [5.74, 6) is 0.114. The molecule has 1 atom stereocenters. The Hall–Kier alpha value is -1.82. The van der Waals surface area contributed by atoms with E-state index in [0.29, 0.717) is 6.73 Å². The number of fused-ring (bicyclic) bond motifs is 1. The zero-order valence-electron chi connectivity index (χ0n) is 22.3. The molecule has 1 fully saturated rings. The molecule has 0 bridgehead atoms. The molecule has 1 aliphatic rings. The minimum atomic E-state index is -1.80. The summed E-state index contributed by atoms with van der Waals surface area (Å²) in [7, 11) is -2.94. The van der Waals surface area contributed by atoms with Crippen LogP contribution in [-0.2, 0) is 15.9 Å². The predicted octanol–water partition coefficient (Wildman–Crippen LogP) is 5.65. The molecular weight excluding hydrogens is 460 g/mol. The summed E-state index contributed by atoms with van der Waals surface area (Å²) < 4.78 is 14.7. The molecule has 34 heavy (non-hydrogen) atoms. The highest BCUT2D eigenvalue weighted by Gasteiger charge is 2.40. The number of nitrogens with zero attached hydrogens (tertiary/aromatic N) is 3. The SMILES string of the molecule is CC(C)(C)[Si](C)(C)OC1CCN(c2ccc3c(c2)c(C(N)=NO)cn3COCC[Si](C)(C)C)C1. The Morgan fingerprint density at radius 2 is 1.91 bits per heavy atom. The van der Waals surface area contributed by atoms with Gasteiger partial charge in [0, 0.05) is 50.6 Å². The molecule has 1 aliphatic heterocycles. The van der Waals surface area contributed by atoms with E-state index in [4.69, 9.17) is 14.9 Å².